The number of halogens is 3. The summed E-state index contributed by atoms with van der Waals surface area (Å²) >= 11 is 0. The third-order valence-electron chi connectivity index (χ3n) is 6.91. The van der Waals surface area contributed by atoms with E-state index in [1.807, 2.05) is 18.2 Å². The summed E-state index contributed by atoms with van der Waals surface area (Å²) in [6.07, 6.45) is -1.59. The number of ether oxygens (including phenoxy) is 1. The minimum absolute atomic E-state index is 0.0381. The highest BCUT2D eigenvalue weighted by Crippen LogP contribution is 2.32. The number of esters is 1. The molecule has 3 aromatic carbocycles. The van der Waals surface area contributed by atoms with Crippen LogP contribution < -0.4 is 11.1 Å². The summed E-state index contributed by atoms with van der Waals surface area (Å²) in [5.41, 5.74) is 7.74. The number of aromatic amines is 1. The molecule has 10 nitrogen and oxygen atoms in total. The number of aryl methyl sites for hydroxylation is 3. The monoisotopic (exact) mass is 604 g/mol. The molecule has 0 unspecified atom stereocenters. The van der Waals surface area contributed by atoms with Gasteiger partial charge in [0.15, 0.2) is 11.8 Å². The summed E-state index contributed by atoms with van der Waals surface area (Å²) in [6.45, 7) is 3.09. The Bertz CT molecular complexity index is 1880. The van der Waals surface area contributed by atoms with Gasteiger partial charge in [-0.1, -0.05) is 24.3 Å². The molecule has 0 saturated carbocycles. The van der Waals surface area contributed by atoms with E-state index >= 15 is 0 Å². The van der Waals surface area contributed by atoms with Gasteiger partial charge in [0.25, 0.3) is 11.8 Å². The number of hydrogen-bond acceptors (Lipinski definition) is 6. The van der Waals surface area contributed by atoms with Crippen LogP contribution in [-0.2, 0) is 28.5 Å². The normalized spacial score (nSPS) is 12.2. The molecule has 0 saturated heterocycles. The number of nitrogens with one attached hydrogen (secondary N) is 2. The summed E-state index contributed by atoms with van der Waals surface area (Å²) in [4.78, 5) is 40.7. The zero-order valence-electron chi connectivity index (χ0n) is 23.6. The molecule has 0 aliphatic rings. The molecular weight excluding hydrogens is 577 g/mol. The largest absolute Gasteiger partial charge is 0.448 e. The van der Waals surface area contributed by atoms with Crippen LogP contribution >= 0.6 is 0 Å². The van der Waals surface area contributed by atoms with Crippen molar-refractivity contribution in [3.8, 4) is 5.69 Å². The molecule has 2 aromatic heterocycles. The van der Waals surface area contributed by atoms with Gasteiger partial charge in [-0.3, -0.25) is 14.7 Å². The van der Waals surface area contributed by atoms with Crippen LogP contribution in [0, 0.1) is 6.92 Å². The first kappa shape index (κ1) is 30.0. The minimum Gasteiger partial charge on any atom is -0.448 e. The number of anilines is 1. The lowest BCUT2D eigenvalue weighted by atomic mass is 10.0. The van der Waals surface area contributed by atoms with Crippen LogP contribution in [0.4, 0.5) is 18.9 Å². The fourth-order valence-corrected chi connectivity index (χ4v) is 4.57. The summed E-state index contributed by atoms with van der Waals surface area (Å²) in [5.74, 6) is -2.22. The van der Waals surface area contributed by atoms with Gasteiger partial charge in [0.05, 0.1) is 23.1 Å². The van der Waals surface area contributed by atoms with Crippen LogP contribution in [0.15, 0.2) is 73.2 Å². The highest BCUT2D eigenvalue weighted by atomic mass is 19.4. The van der Waals surface area contributed by atoms with Crippen molar-refractivity contribution in [3.63, 3.8) is 0 Å². The lowest BCUT2D eigenvalue weighted by molar-refractivity contribution is -0.137. The van der Waals surface area contributed by atoms with E-state index < -0.39 is 35.6 Å². The van der Waals surface area contributed by atoms with Crippen LogP contribution in [0.5, 0.6) is 0 Å². The zero-order valence-corrected chi connectivity index (χ0v) is 23.6. The Morgan fingerprint density at radius 3 is 2.48 bits per heavy atom. The van der Waals surface area contributed by atoms with E-state index in [4.69, 9.17) is 10.5 Å². The Balaban J connectivity index is 1.28. The fraction of sp³-hybridized carbons (Fsp3) is 0.194. The highest BCUT2D eigenvalue weighted by molar-refractivity contribution is 6.05. The van der Waals surface area contributed by atoms with Crippen molar-refractivity contribution in [3.05, 3.63) is 107 Å². The Morgan fingerprint density at radius 1 is 1.05 bits per heavy atom. The number of nitrogens with zero attached hydrogens (tertiary/aromatic N) is 3. The summed E-state index contributed by atoms with van der Waals surface area (Å²) < 4.78 is 47.4. The predicted octanol–water partition coefficient (Wildman–Crippen LogP) is 5.14. The van der Waals surface area contributed by atoms with Crippen molar-refractivity contribution in [2.45, 2.75) is 39.0 Å². The van der Waals surface area contributed by atoms with Crippen molar-refractivity contribution in [1.82, 2.24) is 19.7 Å². The molecule has 0 aliphatic heterocycles. The zero-order chi connectivity index (χ0) is 31.6. The van der Waals surface area contributed by atoms with E-state index in [0.29, 0.717) is 35.1 Å². The Morgan fingerprint density at radius 2 is 1.80 bits per heavy atom. The maximum Gasteiger partial charge on any atom is 0.416 e. The number of carbonyl (C=O) groups excluding carboxylic acids is 3. The van der Waals surface area contributed by atoms with E-state index in [1.54, 1.807) is 37.4 Å². The number of hydrogen-bond donors (Lipinski definition) is 3. The Kier molecular flexibility index (Phi) is 8.21. The van der Waals surface area contributed by atoms with Crippen molar-refractivity contribution in [2.24, 2.45) is 5.73 Å². The maximum atomic E-state index is 13.6. The number of benzene rings is 3. The molecule has 2 heterocycles. The lowest BCUT2D eigenvalue weighted by Gasteiger charge is -2.13. The molecule has 5 aromatic rings. The molecule has 1 atom stereocenters. The first-order valence-corrected chi connectivity index (χ1v) is 13.5. The first-order valence-electron chi connectivity index (χ1n) is 13.5. The van der Waals surface area contributed by atoms with Gasteiger partial charge in [0.1, 0.15) is 0 Å². The quantitative estimate of drug-likeness (QED) is 0.199. The maximum absolute atomic E-state index is 13.6. The number of rotatable bonds is 9. The van der Waals surface area contributed by atoms with Gasteiger partial charge < -0.3 is 20.4 Å². The van der Waals surface area contributed by atoms with Gasteiger partial charge >= 0.3 is 12.1 Å². The molecule has 0 bridgehead atoms. The number of H-pyrrole nitrogens is 1. The molecule has 0 spiro atoms. The lowest BCUT2D eigenvalue weighted by Crippen LogP contribution is -2.30. The van der Waals surface area contributed by atoms with Gasteiger partial charge in [0.2, 0.25) is 0 Å². The van der Waals surface area contributed by atoms with Gasteiger partial charge in [-0.15, -0.1) is 0 Å². The van der Waals surface area contributed by atoms with Crippen LogP contribution in [0.1, 0.15) is 50.2 Å². The van der Waals surface area contributed by atoms with Crippen molar-refractivity contribution < 1.29 is 32.3 Å². The molecule has 4 N–H and O–H groups in total. The van der Waals surface area contributed by atoms with Gasteiger partial charge in [-0.25, -0.2) is 9.78 Å². The second-order valence-corrected chi connectivity index (χ2v) is 10.2. The van der Waals surface area contributed by atoms with Crippen molar-refractivity contribution in [2.75, 3.05) is 5.32 Å². The van der Waals surface area contributed by atoms with Gasteiger partial charge in [-0.05, 0) is 74.2 Å². The van der Waals surface area contributed by atoms with Crippen molar-refractivity contribution >= 4 is 34.4 Å². The molecule has 0 fully saturated rings. The molecule has 2 amide bonds. The molecule has 0 radical (unpaired) electrons. The Labute approximate surface area is 249 Å². The topological polar surface area (TPSA) is 145 Å². The fourth-order valence-electron chi connectivity index (χ4n) is 4.57. The summed E-state index contributed by atoms with van der Waals surface area (Å²) in [7, 11) is 0. The number of nitrogens with two attached hydrogens (primary N) is 1. The number of primary amides is 1. The van der Waals surface area contributed by atoms with E-state index in [-0.39, 0.29) is 16.9 Å². The average Bonchev–Trinajstić information content (AvgIpc) is 3.61. The van der Waals surface area contributed by atoms with E-state index in [2.05, 4.69) is 20.5 Å². The van der Waals surface area contributed by atoms with Crippen molar-refractivity contribution in [1.29, 1.82) is 0 Å². The number of imidazole rings is 1. The number of fused-ring (bicyclic) bond motifs is 1. The average molecular weight is 605 g/mol. The third kappa shape index (κ3) is 6.77. The van der Waals surface area contributed by atoms with E-state index in [1.165, 1.54) is 23.9 Å². The van der Waals surface area contributed by atoms with Gasteiger partial charge in [0, 0.05) is 28.5 Å². The molecule has 226 valence electrons. The molecule has 5 rings (SSSR count). The van der Waals surface area contributed by atoms with E-state index in [0.717, 1.165) is 23.3 Å². The smallest absolute Gasteiger partial charge is 0.416 e. The third-order valence-corrected chi connectivity index (χ3v) is 6.91. The highest BCUT2D eigenvalue weighted by Gasteiger charge is 2.32. The second-order valence-electron chi connectivity index (χ2n) is 10.2. The number of alkyl halides is 3. The standard InChI is InChI=1S/C31H27F3N6O4/c1-17-15-40(16-36-17)24-13-21(12-22(14-24)31(32,33)34)29(42)37-23-5-3-4-19(10-23)6-7-20-8-9-25-26(11-20)38-39-27(25)30(43)44-18(2)28(35)41/h3-5,8-16,18H,6-7H2,1-2H3,(H2,35,41)(H,37,42)(H,38,39)/t18-/m0/s1. The molecular formula is C31H27F3N6O4. The Hall–Kier alpha value is -5.46. The predicted molar refractivity (Wildman–Crippen MR) is 155 cm³/mol. The van der Waals surface area contributed by atoms with E-state index in [9.17, 15) is 27.6 Å². The minimum atomic E-state index is -4.64. The van der Waals surface area contributed by atoms with Crippen LogP contribution in [0.2, 0.25) is 0 Å². The SMILES string of the molecule is Cc1cn(-c2cc(C(=O)Nc3cccc(CCc4ccc5c(C(=O)O[C@@H](C)C(N)=O)n[nH]c5c4)c3)cc(C(F)(F)F)c2)cn1. The van der Waals surface area contributed by atoms with Gasteiger partial charge in [-0.2, -0.15) is 18.3 Å². The molecule has 44 heavy (non-hydrogen) atoms. The molecule has 0 aliphatic carbocycles. The number of carbonyl (C=O) groups is 3. The van der Waals surface area contributed by atoms with Crippen LogP contribution in [0.25, 0.3) is 16.6 Å². The number of aromatic nitrogens is 4. The number of amides is 2. The second kappa shape index (κ2) is 12.0. The van der Waals surface area contributed by atoms with Crippen LogP contribution in [0.3, 0.4) is 0 Å². The summed E-state index contributed by atoms with van der Waals surface area (Å²) in [5, 5.41) is 10.0. The van der Waals surface area contributed by atoms with Crippen LogP contribution in [-0.4, -0.2) is 43.6 Å². The first-order chi connectivity index (χ1) is 20.9. The summed E-state index contributed by atoms with van der Waals surface area (Å²) in [6, 6.07) is 15.6. The molecule has 13 heteroatoms.